The summed E-state index contributed by atoms with van der Waals surface area (Å²) in [5.74, 6) is 0. The molecule has 1 aliphatic rings. The lowest BCUT2D eigenvalue weighted by atomic mass is 9.88. The number of benzene rings is 1. The van der Waals surface area contributed by atoms with E-state index in [-0.39, 0.29) is 0 Å². The van der Waals surface area contributed by atoms with Crippen molar-refractivity contribution in [2.75, 3.05) is 0 Å². The van der Waals surface area contributed by atoms with E-state index in [9.17, 15) is 0 Å². The van der Waals surface area contributed by atoms with E-state index < -0.39 is 0 Å². The molecule has 0 nitrogen and oxygen atoms in total. The maximum Gasteiger partial charge on any atom is -0.0195 e. The molecule has 0 heterocycles. The molecule has 2 rings (SSSR count). The van der Waals surface area contributed by atoms with E-state index in [2.05, 4.69) is 39.0 Å². The number of fused-ring (bicyclic) bond motifs is 1. The molecular weight excluding hydrogens is 156 g/mol. The first-order chi connectivity index (χ1) is 6.20. The summed E-state index contributed by atoms with van der Waals surface area (Å²) in [5, 5.41) is 0. The predicted octanol–water partition coefficient (Wildman–Crippen LogP) is 3.57. The molecule has 0 saturated carbocycles. The van der Waals surface area contributed by atoms with Crippen LogP contribution in [-0.2, 0) is 6.42 Å². The molecule has 0 atom stereocenters. The smallest absolute Gasteiger partial charge is 0.0195 e. The lowest BCUT2D eigenvalue weighted by Crippen LogP contribution is -2.01. The molecule has 68 valence electrons. The molecule has 0 unspecified atom stereocenters. The van der Waals surface area contributed by atoms with Crippen LogP contribution in [0.15, 0.2) is 12.1 Å². The fraction of sp³-hybridized carbons (Fsp3) is 0.385. The zero-order chi connectivity index (χ0) is 9.42. The van der Waals surface area contributed by atoms with Gasteiger partial charge in [-0.1, -0.05) is 18.2 Å². The normalized spacial score (nSPS) is 14.4. The molecule has 1 aliphatic carbocycles. The van der Waals surface area contributed by atoms with Gasteiger partial charge in [-0.15, -0.1) is 0 Å². The summed E-state index contributed by atoms with van der Waals surface area (Å²) in [5.41, 5.74) is 7.39. The maximum atomic E-state index is 2.30. The molecule has 1 aromatic carbocycles. The lowest BCUT2D eigenvalue weighted by Gasteiger charge is -2.17. The fourth-order valence-corrected chi connectivity index (χ4v) is 2.17. The molecular formula is C13H16. The Morgan fingerprint density at radius 2 is 1.85 bits per heavy atom. The van der Waals surface area contributed by atoms with Crippen LogP contribution in [0.1, 0.15) is 34.2 Å². The van der Waals surface area contributed by atoms with Gasteiger partial charge in [-0.3, -0.25) is 0 Å². The standard InChI is InChI=1S/C13H16/c1-9-8-10(2)12-6-4-5-7-13(12)11(9)3/h4,6,8H,5,7H2,1-3H3. The van der Waals surface area contributed by atoms with E-state index in [1.54, 1.807) is 5.56 Å². The van der Waals surface area contributed by atoms with Crippen LogP contribution >= 0.6 is 0 Å². The Hall–Kier alpha value is -1.04. The van der Waals surface area contributed by atoms with E-state index in [0.29, 0.717) is 0 Å². The molecule has 0 fully saturated rings. The van der Waals surface area contributed by atoms with E-state index in [4.69, 9.17) is 0 Å². The van der Waals surface area contributed by atoms with Gasteiger partial charge in [0.1, 0.15) is 0 Å². The lowest BCUT2D eigenvalue weighted by molar-refractivity contribution is 0.960. The van der Waals surface area contributed by atoms with Crippen LogP contribution in [-0.4, -0.2) is 0 Å². The Labute approximate surface area is 80.3 Å². The maximum absolute atomic E-state index is 2.30. The minimum atomic E-state index is 1.21. The Kier molecular flexibility index (Phi) is 1.99. The van der Waals surface area contributed by atoms with Crippen molar-refractivity contribution in [1.29, 1.82) is 0 Å². The summed E-state index contributed by atoms with van der Waals surface area (Å²) in [6.45, 7) is 6.66. The second-order valence-electron chi connectivity index (χ2n) is 3.97. The summed E-state index contributed by atoms with van der Waals surface area (Å²) >= 11 is 0. The zero-order valence-electron chi connectivity index (χ0n) is 8.65. The highest BCUT2D eigenvalue weighted by molar-refractivity contribution is 5.63. The number of hydrogen-bond donors (Lipinski definition) is 0. The molecule has 0 amide bonds. The van der Waals surface area contributed by atoms with Crippen molar-refractivity contribution < 1.29 is 0 Å². The summed E-state index contributed by atoms with van der Waals surface area (Å²) < 4.78 is 0. The van der Waals surface area contributed by atoms with Gasteiger partial charge >= 0.3 is 0 Å². The van der Waals surface area contributed by atoms with E-state index in [0.717, 1.165) is 0 Å². The Morgan fingerprint density at radius 1 is 1.08 bits per heavy atom. The molecule has 0 heteroatoms. The summed E-state index contributed by atoms with van der Waals surface area (Å²) in [6, 6.07) is 2.30. The van der Waals surface area contributed by atoms with Gasteiger partial charge in [0.15, 0.2) is 0 Å². The molecule has 0 spiro atoms. The molecule has 0 N–H and O–H groups in total. The van der Waals surface area contributed by atoms with Crippen molar-refractivity contribution in [2.45, 2.75) is 33.6 Å². The third-order valence-electron chi connectivity index (χ3n) is 3.07. The number of hydrogen-bond acceptors (Lipinski definition) is 0. The van der Waals surface area contributed by atoms with Crippen LogP contribution in [0.25, 0.3) is 6.08 Å². The average molecular weight is 172 g/mol. The van der Waals surface area contributed by atoms with Crippen LogP contribution in [0.4, 0.5) is 0 Å². The van der Waals surface area contributed by atoms with Crippen molar-refractivity contribution in [3.05, 3.63) is 40.0 Å². The third-order valence-corrected chi connectivity index (χ3v) is 3.07. The van der Waals surface area contributed by atoms with Gasteiger partial charge in [0, 0.05) is 0 Å². The molecule has 0 saturated heterocycles. The van der Waals surface area contributed by atoms with E-state index in [1.807, 2.05) is 0 Å². The monoisotopic (exact) mass is 172 g/mol. The number of allylic oxidation sites excluding steroid dienone is 1. The molecule has 13 heavy (non-hydrogen) atoms. The van der Waals surface area contributed by atoms with Crippen LogP contribution < -0.4 is 0 Å². The highest BCUT2D eigenvalue weighted by atomic mass is 14.2. The van der Waals surface area contributed by atoms with Gasteiger partial charge in [-0.2, -0.15) is 0 Å². The van der Waals surface area contributed by atoms with Crippen LogP contribution in [0.2, 0.25) is 0 Å². The second-order valence-corrected chi connectivity index (χ2v) is 3.97. The van der Waals surface area contributed by atoms with Crippen molar-refractivity contribution in [3.8, 4) is 0 Å². The Morgan fingerprint density at radius 3 is 2.62 bits per heavy atom. The van der Waals surface area contributed by atoms with Gasteiger partial charge in [0.25, 0.3) is 0 Å². The van der Waals surface area contributed by atoms with Gasteiger partial charge in [-0.25, -0.2) is 0 Å². The summed E-state index contributed by atoms with van der Waals surface area (Å²) in [6.07, 6.45) is 6.99. The van der Waals surface area contributed by atoms with Crippen LogP contribution in [0.3, 0.4) is 0 Å². The quantitative estimate of drug-likeness (QED) is 0.561. The van der Waals surface area contributed by atoms with E-state index in [1.165, 1.54) is 35.1 Å². The average Bonchev–Trinajstić information content (AvgIpc) is 2.15. The predicted molar refractivity (Wildman–Crippen MR) is 58.0 cm³/mol. The van der Waals surface area contributed by atoms with Crippen molar-refractivity contribution in [1.82, 2.24) is 0 Å². The fourth-order valence-electron chi connectivity index (χ4n) is 2.17. The van der Waals surface area contributed by atoms with Crippen LogP contribution in [0, 0.1) is 20.8 Å². The first-order valence-electron chi connectivity index (χ1n) is 4.96. The largest absolute Gasteiger partial charge is 0.0836 e. The molecule has 0 aliphatic heterocycles. The highest BCUT2D eigenvalue weighted by Gasteiger charge is 2.11. The van der Waals surface area contributed by atoms with Crippen LogP contribution in [0.5, 0.6) is 0 Å². The minimum absolute atomic E-state index is 1.21. The Bertz CT molecular complexity index is 370. The SMILES string of the molecule is Cc1cc(C)c2c(c1C)CCC=C2. The third kappa shape index (κ3) is 1.31. The molecule has 0 aromatic heterocycles. The molecule has 0 radical (unpaired) electrons. The van der Waals surface area contributed by atoms with Crippen molar-refractivity contribution in [2.24, 2.45) is 0 Å². The van der Waals surface area contributed by atoms with Gasteiger partial charge < -0.3 is 0 Å². The summed E-state index contributed by atoms with van der Waals surface area (Å²) in [4.78, 5) is 0. The van der Waals surface area contributed by atoms with Gasteiger partial charge in [0.2, 0.25) is 0 Å². The first-order valence-corrected chi connectivity index (χ1v) is 4.96. The second kappa shape index (κ2) is 3.02. The number of rotatable bonds is 0. The van der Waals surface area contributed by atoms with Gasteiger partial charge in [-0.05, 0) is 61.4 Å². The highest BCUT2D eigenvalue weighted by Crippen LogP contribution is 2.27. The molecule has 0 bridgehead atoms. The topological polar surface area (TPSA) is 0 Å². The van der Waals surface area contributed by atoms with E-state index >= 15 is 0 Å². The van der Waals surface area contributed by atoms with Crippen molar-refractivity contribution >= 4 is 6.08 Å². The van der Waals surface area contributed by atoms with Crippen molar-refractivity contribution in [3.63, 3.8) is 0 Å². The number of aryl methyl sites for hydroxylation is 2. The summed E-state index contributed by atoms with van der Waals surface area (Å²) in [7, 11) is 0. The Balaban J connectivity index is 2.71. The first kappa shape index (κ1) is 8.55. The zero-order valence-corrected chi connectivity index (χ0v) is 8.65. The minimum Gasteiger partial charge on any atom is -0.0836 e. The van der Waals surface area contributed by atoms with Gasteiger partial charge in [0.05, 0.1) is 0 Å². The molecule has 1 aromatic rings.